The first-order valence-electron chi connectivity index (χ1n) is 12.3. The monoisotopic (exact) mass is 593 g/mol. The van der Waals surface area contributed by atoms with Crippen LogP contribution in [0, 0.1) is 0 Å². The van der Waals surface area contributed by atoms with Crippen molar-refractivity contribution in [2.75, 3.05) is 30.3 Å². The Morgan fingerprint density at radius 2 is 1.78 bits per heavy atom. The first-order chi connectivity index (χ1) is 17.6. The van der Waals surface area contributed by atoms with E-state index in [0.717, 1.165) is 46.3 Å². The van der Waals surface area contributed by atoms with Gasteiger partial charge in [0.1, 0.15) is 25.8 Å². The molecule has 37 heavy (non-hydrogen) atoms. The van der Waals surface area contributed by atoms with Crippen molar-refractivity contribution in [3.8, 4) is 11.5 Å². The summed E-state index contributed by atoms with van der Waals surface area (Å²) < 4.78 is 38.6. The summed E-state index contributed by atoms with van der Waals surface area (Å²) in [4.78, 5) is 28.3. The number of carbonyl (C=O) groups is 2. The lowest BCUT2D eigenvalue weighted by molar-refractivity contribution is -0.139. The molecule has 11 heteroatoms. The molecule has 4 rings (SSSR count). The number of halogens is 1. The highest BCUT2D eigenvalue weighted by atomic mass is 79.9. The first-order valence-corrected chi connectivity index (χ1v) is 15.0. The zero-order valence-electron chi connectivity index (χ0n) is 21.0. The van der Waals surface area contributed by atoms with Crippen LogP contribution >= 0.6 is 15.9 Å². The molecule has 2 aromatic carbocycles. The maximum atomic E-state index is 13.7. The van der Waals surface area contributed by atoms with E-state index in [0.29, 0.717) is 24.7 Å². The van der Waals surface area contributed by atoms with Gasteiger partial charge in [-0.15, -0.1) is 0 Å². The third-order valence-electron chi connectivity index (χ3n) is 6.60. The number of hydrogen-bond acceptors (Lipinski definition) is 6. The van der Waals surface area contributed by atoms with Gasteiger partial charge in [0, 0.05) is 23.1 Å². The molecule has 1 fully saturated rings. The highest BCUT2D eigenvalue weighted by Gasteiger charge is 2.32. The average molecular weight is 595 g/mol. The molecule has 0 aromatic heterocycles. The minimum absolute atomic E-state index is 0.100. The zero-order valence-corrected chi connectivity index (χ0v) is 23.4. The van der Waals surface area contributed by atoms with Gasteiger partial charge in [0.2, 0.25) is 21.8 Å². The number of ether oxygens (including phenoxy) is 2. The number of amides is 2. The molecule has 1 heterocycles. The van der Waals surface area contributed by atoms with Crippen LogP contribution in [0.2, 0.25) is 0 Å². The van der Waals surface area contributed by atoms with Gasteiger partial charge >= 0.3 is 0 Å². The molecule has 1 saturated carbocycles. The van der Waals surface area contributed by atoms with Crippen LogP contribution in [0.25, 0.3) is 0 Å². The van der Waals surface area contributed by atoms with Gasteiger partial charge < -0.3 is 19.7 Å². The van der Waals surface area contributed by atoms with E-state index >= 15 is 0 Å². The van der Waals surface area contributed by atoms with Crippen LogP contribution in [0.1, 0.15) is 38.2 Å². The van der Waals surface area contributed by atoms with E-state index in [1.54, 1.807) is 25.1 Å². The van der Waals surface area contributed by atoms with E-state index in [1.165, 1.54) is 4.90 Å². The van der Waals surface area contributed by atoms with E-state index in [9.17, 15) is 18.0 Å². The molecule has 9 nitrogen and oxygen atoms in total. The summed E-state index contributed by atoms with van der Waals surface area (Å²) in [5.41, 5.74) is 1.10. The van der Waals surface area contributed by atoms with Crippen molar-refractivity contribution in [2.24, 2.45) is 0 Å². The smallest absolute Gasteiger partial charge is 0.244 e. The molecule has 2 aromatic rings. The van der Waals surface area contributed by atoms with Crippen molar-refractivity contribution >= 4 is 43.5 Å². The Labute approximate surface area is 226 Å². The Bertz CT molecular complexity index is 1250. The number of hydrogen-bond donors (Lipinski definition) is 1. The average Bonchev–Trinajstić information content (AvgIpc) is 3.37. The van der Waals surface area contributed by atoms with Crippen molar-refractivity contribution in [1.82, 2.24) is 10.2 Å². The van der Waals surface area contributed by atoms with E-state index in [1.807, 2.05) is 24.3 Å². The summed E-state index contributed by atoms with van der Waals surface area (Å²) >= 11 is 3.45. The molecular formula is C26H32BrN3O6S. The van der Waals surface area contributed by atoms with E-state index < -0.39 is 28.5 Å². The van der Waals surface area contributed by atoms with Gasteiger partial charge in [-0.1, -0.05) is 40.9 Å². The fraction of sp³-hybridized carbons (Fsp3) is 0.462. The molecule has 0 bridgehead atoms. The SMILES string of the molecule is C[C@@H](C(=O)NC1CCCC1)N(Cc1cccc(Br)c1)C(=O)CN(c1ccc2c(c1)OCCO2)S(C)(=O)=O. The quantitative estimate of drug-likeness (QED) is 0.477. The van der Waals surface area contributed by atoms with Gasteiger partial charge in [0.25, 0.3) is 0 Å². The van der Waals surface area contributed by atoms with Gasteiger partial charge in [0.05, 0.1) is 11.9 Å². The number of anilines is 1. The maximum Gasteiger partial charge on any atom is 0.244 e. The van der Waals surface area contributed by atoms with Crippen LogP contribution in [-0.2, 0) is 26.2 Å². The minimum Gasteiger partial charge on any atom is -0.486 e. The summed E-state index contributed by atoms with van der Waals surface area (Å²) in [6, 6.07) is 11.5. The Morgan fingerprint density at radius 3 is 2.46 bits per heavy atom. The minimum atomic E-state index is -3.84. The predicted octanol–water partition coefficient (Wildman–Crippen LogP) is 3.46. The summed E-state index contributed by atoms with van der Waals surface area (Å²) in [7, 11) is -3.84. The van der Waals surface area contributed by atoms with Crippen LogP contribution in [-0.4, -0.2) is 63.2 Å². The van der Waals surface area contributed by atoms with Gasteiger partial charge in [-0.3, -0.25) is 13.9 Å². The molecule has 1 N–H and O–H groups in total. The second kappa shape index (κ2) is 11.7. The largest absolute Gasteiger partial charge is 0.486 e. The van der Waals surface area contributed by atoms with Crippen molar-refractivity contribution in [3.63, 3.8) is 0 Å². The fourth-order valence-electron chi connectivity index (χ4n) is 4.61. The highest BCUT2D eigenvalue weighted by Crippen LogP contribution is 2.34. The van der Waals surface area contributed by atoms with Crippen molar-refractivity contribution in [1.29, 1.82) is 0 Å². The second-order valence-electron chi connectivity index (χ2n) is 9.42. The van der Waals surface area contributed by atoms with Gasteiger partial charge in [-0.05, 0) is 49.6 Å². The van der Waals surface area contributed by atoms with Crippen molar-refractivity contribution in [3.05, 3.63) is 52.5 Å². The summed E-state index contributed by atoms with van der Waals surface area (Å²) in [5.74, 6) is 0.193. The Balaban J connectivity index is 1.60. The molecule has 1 aliphatic carbocycles. The number of nitrogens with zero attached hydrogens (tertiary/aromatic N) is 2. The Morgan fingerprint density at radius 1 is 1.08 bits per heavy atom. The van der Waals surface area contributed by atoms with Gasteiger partial charge in [0.15, 0.2) is 11.5 Å². The molecular weight excluding hydrogens is 562 g/mol. The lowest BCUT2D eigenvalue weighted by Gasteiger charge is -2.32. The highest BCUT2D eigenvalue weighted by molar-refractivity contribution is 9.10. The molecule has 2 amide bonds. The normalized spacial score (nSPS) is 16.2. The molecule has 0 radical (unpaired) electrons. The lowest BCUT2D eigenvalue weighted by Crippen LogP contribution is -2.52. The first kappa shape index (κ1) is 27.3. The third-order valence-corrected chi connectivity index (χ3v) is 8.24. The third kappa shape index (κ3) is 6.95. The molecule has 0 spiro atoms. The summed E-state index contributed by atoms with van der Waals surface area (Å²) in [5, 5.41) is 3.06. The van der Waals surface area contributed by atoms with Crippen LogP contribution in [0.4, 0.5) is 5.69 Å². The second-order valence-corrected chi connectivity index (χ2v) is 12.2. The van der Waals surface area contributed by atoms with Crippen molar-refractivity contribution < 1.29 is 27.5 Å². The van der Waals surface area contributed by atoms with Crippen LogP contribution in [0.5, 0.6) is 11.5 Å². The van der Waals surface area contributed by atoms with E-state index in [2.05, 4.69) is 21.2 Å². The number of nitrogens with one attached hydrogen (secondary N) is 1. The van der Waals surface area contributed by atoms with Crippen LogP contribution in [0.3, 0.4) is 0 Å². The number of benzene rings is 2. The number of sulfonamides is 1. The van der Waals surface area contributed by atoms with E-state index in [4.69, 9.17) is 9.47 Å². The summed E-state index contributed by atoms with van der Waals surface area (Å²) in [6.07, 6.45) is 5.03. The van der Waals surface area contributed by atoms with Crippen LogP contribution in [0.15, 0.2) is 46.9 Å². The molecule has 1 atom stereocenters. The topological polar surface area (TPSA) is 105 Å². The Kier molecular flexibility index (Phi) is 8.63. The number of fused-ring (bicyclic) bond motifs is 1. The van der Waals surface area contributed by atoms with Crippen molar-refractivity contribution in [2.45, 2.75) is 51.2 Å². The molecule has 1 aliphatic heterocycles. The van der Waals surface area contributed by atoms with E-state index in [-0.39, 0.29) is 24.2 Å². The zero-order chi connectivity index (χ0) is 26.6. The maximum absolute atomic E-state index is 13.7. The predicted molar refractivity (Wildman–Crippen MR) is 144 cm³/mol. The number of rotatable bonds is 9. The standard InChI is InChI=1S/C26H32BrN3O6S/c1-18(26(32)28-21-8-3-4-9-21)29(16-19-6-5-7-20(27)14-19)25(31)17-30(37(2,33)34)22-10-11-23-24(15-22)36-13-12-35-23/h5-7,10-11,14-15,18,21H,3-4,8-9,12-13,16-17H2,1-2H3,(H,28,32)/t18-/m0/s1. The number of carbonyl (C=O) groups excluding carboxylic acids is 2. The van der Waals surface area contributed by atoms with Gasteiger partial charge in [-0.25, -0.2) is 8.42 Å². The lowest BCUT2D eigenvalue weighted by atomic mass is 10.1. The summed E-state index contributed by atoms with van der Waals surface area (Å²) in [6.45, 7) is 2.12. The fourth-order valence-corrected chi connectivity index (χ4v) is 5.90. The molecule has 0 saturated heterocycles. The van der Waals surface area contributed by atoms with Gasteiger partial charge in [-0.2, -0.15) is 0 Å². The molecule has 0 unspecified atom stereocenters. The molecule has 2 aliphatic rings. The Hall–Kier alpha value is -2.79. The van der Waals surface area contributed by atoms with Crippen LogP contribution < -0.4 is 19.1 Å². The molecule has 200 valence electrons.